The van der Waals surface area contributed by atoms with Gasteiger partial charge in [-0.05, 0) is 47.9 Å². The average Bonchev–Trinajstić information content (AvgIpc) is 2.59. The fraction of sp³-hybridized carbons (Fsp3) is 0.368. The zero-order valence-electron chi connectivity index (χ0n) is 15.0. The van der Waals surface area contributed by atoms with Gasteiger partial charge in [0.1, 0.15) is 6.10 Å². The first-order valence-electron chi connectivity index (χ1n) is 8.32. The van der Waals surface area contributed by atoms with E-state index in [9.17, 15) is 35.8 Å². The van der Waals surface area contributed by atoms with Crippen LogP contribution in [0.1, 0.15) is 16.7 Å². The highest BCUT2D eigenvalue weighted by molar-refractivity contribution is 6.22. The second kappa shape index (κ2) is 8.39. The number of alkyl halides is 8. The largest absolute Gasteiger partial charge is 0.458 e. The van der Waals surface area contributed by atoms with Gasteiger partial charge in [-0.25, -0.2) is 0 Å². The number of aliphatic hydroxyl groups excluding tert-OH is 1. The summed E-state index contributed by atoms with van der Waals surface area (Å²) in [6, 6.07) is 10.0. The summed E-state index contributed by atoms with van der Waals surface area (Å²) in [5.74, 6) is -5.07. The molecule has 0 heterocycles. The van der Waals surface area contributed by atoms with Crippen LogP contribution in [0.15, 0.2) is 48.5 Å². The SMILES string of the molecule is Cc1cccc(N(Cc2cccc(C(F)(F)C(F)(F)F)c2)C[C@@H](O)C(F)(F)Cl)c1. The summed E-state index contributed by atoms with van der Waals surface area (Å²) in [4.78, 5) is 1.22. The van der Waals surface area contributed by atoms with Gasteiger partial charge in [0.05, 0.1) is 6.54 Å². The molecule has 0 radical (unpaired) electrons. The molecule has 2 aromatic rings. The lowest BCUT2D eigenvalue weighted by Gasteiger charge is -2.29. The zero-order valence-corrected chi connectivity index (χ0v) is 15.8. The second-order valence-corrected chi connectivity index (χ2v) is 7.05. The van der Waals surface area contributed by atoms with E-state index in [-0.39, 0.29) is 12.1 Å². The molecule has 0 bridgehead atoms. The fourth-order valence-electron chi connectivity index (χ4n) is 2.65. The Morgan fingerprint density at radius 3 is 2.14 bits per heavy atom. The summed E-state index contributed by atoms with van der Waals surface area (Å²) in [5.41, 5.74) is -0.150. The van der Waals surface area contributed by atoms with Crippen molar-refractivity contribution in [3.8, 4) is 0 Å². The van der Waals surface area contributed by atoms with E-state index >= 15 is 0 Å². The Balaban J connectivity index is 2.38. The number of benzene rings is 2. The summed E-state index contributed by atoms with van der Waals surface area (Å²) in [6.07, 6.45) is -8.08. The maximum absolute atomic E-state index is 13.6. The quantitative estimate of drug-likeness (QED) is 0.429. The van der Waals surface area contributed by atoms with E-state index in [0.29, 0.717) is 17.8 Å². The number of hydrogen-bond donors (Lipinski definition) is 1. The van der Waals surface area contributed by atoms with Crippen molar-refractivity contribution in [2.24, 2.45) is 0 Å². The third-order valence-electron chi connectivity index (χ3n) is 4.16. The van der Waals surface area contributed by atoms with Crippen molar-refractivity contribution < 1.29 is 35.8 Å². The molecule has 0 aromatic heterocycles. The van der Waals surface area contributed by atoms with Crippen LogP contribution in [0.3, 0.4) is 0 Å². The summed E-state index contributed by atoms with van der Waals surface area (Å²) in [5, 5.41) is 5.71. The molecule has 0 saturated carbocycles. The highest BCUT2D eigenvalue weighted by Crippen LogP contribution is 2.44. The third-order valence-corrected chi connectivity index (χ3v) is 4.41. The van der Waals surface area contributed by atoms with Crippen molar-refractivity contribution in [1.82, 2.24) is 0 Å². The summed E-state index contributed by atoms with van der Waals surface area (Å²) in [7, 11) is 0. The van der Waals surface area contributed by atoms with Gasteiger partial charge in [-0.1, -0.05) is 30.3 Å². The lowest BCUT2D eigenvalue weighted by atomic mass is 10.0. The first kappa shape index (κ1) is 23.3. The summed E-state index contributed by atoms with van der Waals surface area (Å²) in [6.45, 7) is 0.730. The molecule has 29 heavy (non-hydrogen) atoms. The van der Waals surface area contributed by atoms with Crippen LogP contribution < -0.4 is 4.90 Å². The van der Waals surface area contributed by atoms with Crippen molar-refractivity contribution in [2.45, 2.75) is 37.1 Å². The smallest absolute Gasteiger partial charge is 0.384 e. The normalized spacial score (nSPS) is 14.0. The van der Waals surface area contributed by atoms with E-state index in [1.165, 1.54) is 17.0 Å². The van der Waals surface area contributed by atoms with Gasteiger partial charge >= 0.3 is 17.5 Å². The molecule has 0 amide bonds. The Morgan fingerprint density at radius 1 is 0.966 bits per heavy atom. The van der Waals surface area contributed by atoms with Crippen molar-refractivity contribution in [1.29, 1.82) is 0 Å². The van der Waals surface area contributed by atoms with Gasteiger partial charge < -0.3 is 10.0 Å². The molecular weight excluding hydrogens is 427 g/mol. The topological polar surface area (TPSA) is 23.5 Å². The molecule has 0 unspecified atom stereocenters. The first-order valence-corrected chi connectivity index (χ1v) is 8.70. The first-order chi connectivity index (χ1) is 13.2. The Bertz CT molecular complexity index is 836. The van der Waals surface area contributed by atoms with Crippen molar-refractivity contribution in [2.75, 3.05) is 11.4 Å². The van der Waals surface area contributed by atoms with Gasteiger partial charge in [0, 0.05) is 17.8 Å². The molecule has 2 aromatic carbocycles. The van der Waals surface area contributed by atoms with Crippen LogP contribution in [0.2, 0.25) is 0 Å². The molecule has 0 aliphatic carbocycles. The second-order valence-electron chi connectivity index (χ2n) is 6.55. The minimum absolute atomic E-state index is 0.0121. The molecule has 0 saturated heterocycles. The van der Waals surface area contributed by atoms with Crippen LogP contribution in [0, 0.1) is 6.92 Å². The van der Waals surface area contributed by atoms with E-state index in [1.807, 2.05) is 0 Å². The molecule has 1 N–H and O–H groups in total. The minimum atomic E-state index is -5.78. The molecule has 1 atom stereocenters. The maximum Gasteiger partial charge on any atom is 0.458 e. The molecule has 160 valence electrons. The van der Waals surface area contributed by atoms with Crippen molar-refractivity contribution in [3.05, 3.63) is 65.2 Å². The van der Waals surface area contributed by atoms with Crippen molar-refractivity contribution in [3.63, 3.8) is 0 Å². The van der Waals surface area contributed by atoms with E-state index in [4.69, 9.17) is 11.6 Å². The Hall–Kier alpha value is -2.00. The highest BCUT2D eigenvalue weighted by atomic mass is 35.5. The molecular formula is C19H17ClF7NO. The number of anilines is 1. The lowest BCUT2D eigenvalue weighted by molar-refractivity contribution is -0.289. The van der Waals surface area contributed by atoms with E-state index in [1.54, 1.807) is 25.1 Å². The summed E-state index contributed by atoms with van der Waals surface area (Å²) < 4.78 is 91.6. The minimum Gasteiger partial charge on any atom is -0.384 e. The van der Waals surface area contributed by atoms with E-state index < -0.39 is 35.7 Å². The maximum atomic E-state index is 13.6. The highest BCUT2D eigenvalue weighted by Gasteiger charge is 2.58. The molecule has 0 fully saturated rings. The van der Waals surface area contributed by atoms with Gasteiger partial charge in [0.15, 0.2) is 0 Å². The molecule has 2 nitrogen and oxygen atoms in total. The van der Waals surface area contributed by atoms with E-state index in [2.05, 4.69) is 0 Å². The van der Waals surface area contributed by atoms with Crippen LogP contribution >= 0.6 is 11.6 Å². The van der Waals surface area contributed by atoms with E-state index in [0.717, 1.165) is 11.6 Å². The van der Waals surface area contributed by atoms with Gasteiger partial charge in [0.25, 0.3) is 0 Å². The number of halogens is 8. The molecule has 10 heteroatoms. The number of hydrogen-bond acceptors (Lipinski definition) is 2. The zero-order chi connectivity index (χ0) is 22.0. The molecule has 0 aliphatic rings. The average molecular weight is 444 g/mol. The molecule has 0 aliphatic heterocycles. The van der Waals surface area contributed by atoms with Gasteiger partial charge in [-0.2, -0.15) is 30.7 Å². The third kappa shape index (κ3) is 5.76. The standard InChI is InChI=1S/C19H17ClF7NO/c1-12-4-2-7-15(8-12)28(11-16(29)18(20,23)24)10-13-5-3-6-14(9-13)17(21,22)19(25,26)27/h2-9,16,29H,10-11H2,1H3/t16-/m1/s1. The number of rotatable bonds is 7. The lowest BCUT2D eigenvalue weighted by Crippen LogP contribution is -2.40. The number of nitrogens with zero attached hydrogens (tertiary/aromatic N) is 1. The van der Waals surface area contributed by atoms with Crippen LogP contribution in [0.25, 0.3) is 0 Å². The van der Waals surface area contributed by atoms with Gasteiger partial charge in [0.2, 0.25) is 0 Å². The van der Waals surface area contributed by atoms with Gasteiger partial charge in [-0.15, -0.1) is 0 Å². The summed E-state index contributed by atoms with van der Waals surface area (Å²) >= 11 is 4.85. The molecule has 0 spiro atoms. The Kier molecular flexibility index (Phi) is 6.74. The predicted molar refractivity (Wildman–Crippen MR) is 95.4 cm³/mol. The number of aryl methyl sites for hydroxylation is 1. The molecule has 2 rings (SSSR count). The number of aliphatic hydroxyl groups is 1. The van der Waals surface area contributed by atoms with Crippen LogP contribution in [-0.4, -0.2) is 29.3 Å². The van der Waals surface area contributed by atoms with Gasteiger partial charge in [-0.3, -0.25) is 0 Å². The monoisotopic (exact) mass is 443 g/mol. The van der Waals surface area contributed by atoms with Crippen molar-refractivity contribution >= 4 is 17.3 Å². The van der Waals surface area contributed by atoms with Crippen LogP contribution in [0.4, 0.5) is 36.4 Å². The Labute approximate surface area is 167 Å². The van der Waals surface area contributed by atoms with Crippen LogP contribution in [-0.2, 0) is 12.5 Å². The van der Waals surface area contributed by atoms with Crippen LogP contribution in [0.5, 0.6) is 0 Å². The fourth-order valence-corrected chi connectivity index (χ4v) is 2.72. The Morgan fingerprint density at radius 2 is 1.59 bits per heavy atom. The predicted octanol–water partition coefficient (Wildman–Crippen LogP) is 5.85.